The summed E-state index contributed by atoms with van der Waals surface area (Å²) in [7, 11) is 1.53. The van der Waals surface area contributed by atoms with Gasteiger partial charge in [0, 0.05) is 95.3 Å². The molecule has 1 aliphatic rings. The van der Waals surface area contributed by atoms with Gasteiger partial charge in [-0.15, -0.1) is 0 Å². The molecule has 32 heteroatoms. The van der Waals surface area contributed by atoms with Gasteiger partial charge < -0.3 is 79.3 Å². The van der Waals surface area contributed by atoms with E-state index in [1.165, 1.54) is 19.6 Å². The second-order valence-electron chi connectivity index (χ2n) is 20.9. The maximum absolute atomic E-state index is 13.9. The minimum atomic E-state index is -1.83. The number of aliphatic hydroxyl groups is 2. The van der Waals surface area contributed by atoms with Crippen LogP contribution < -0.4 is 49.5 Å². The number of nitrogens with two attached hydrogens (primary N) is 4. The fraction of sp³-hybridized carbons (Fsp3) is 0.630. The topological polar surface area (TPSA) is 527 Å². The molecule has 2 heterocycles. The van der Waals surface area contributed by atoms with E-state index >= 15 is 0 Å². The normalized spacial score (nSPS) is 14.8. The molecule has 8 amide bonds. The number of Topliss-reactive ketones (excluding diaryl/α,β-unsaturated/α-hetero) is 5. The van der Waals surface area contributed by atoms with Gasteiger partial charge in [0.05, 0.1) is 88.5 Å². The average Bonchev–Trinajstić information content (AvgIpc) is 3.96. The van der Waals surface area contributed by atoms with Crippen LogP contribution in [0.25, 0.3) is 0 Å². The van der Waals surface area contributed by atoms with Gasteiger partial charge in [0.1, 0.15) is 12.1 Å². The number of primary amides is 1. The number of carbonyl (C=O) groups excluding carboxylic acids is 13. The molecule has 0 unspecified atom stereocenters. The number of guanidine groups is 1. The first-order chi connectivity index (χ1) is 40.7. The predicted octanol–water partition coefficient (Wildman–Crippen LogP) is -4.97. The maximum atomic E-state index is 13.9. The summed E-state index contributed by atoms with van der Waals surface area (Å²) in [6.07, 6.45) is 0.835. The van der Waals surface area contributed by atoms with E-state index in [0.717, 1.165) is 12.2 Å². The number of nitrogens with one attached hydrogen (secondary N) is 6. The van der Waals surface area contributed by atoms with E-state index in [1.54, 1.807) is 13.8 Å². The highest BCUT2D eigenvalue weighted by Gasteiger charge is 2.38. The number of carbonyl (C=O) groups is 14. The number of ketones is 5. The molecule has 0 radical (unpaired) electrons. The highest BCUT2D eigenvalue weighted by molar-refractivity contribution is 6.15. The standard InChI is InChI=1S/C54H83N13O19/c1-30(2)15-38(65-53(84)41(23-55)67-46(76)9-10-47(67)77)43(73)20-34(27-68)50(81)62-26-37(71)17-31(7-6-11-60-54(57)58)51(82)66-40(28-69)44(74)19-33(21-48(78)79)52(83)64-39(22-45(56)75)42(72)18-32(16-35-24-59-29-63-35)49(80)61-25-36(70)8-4-5-12-86-14-13-85-3/h9-10,24,29-34,38-41,68-69H,4-8,11-23,25-28,55H2,1-3H3,(H2,56,75)(H,59,63)(H,61,80)(H,62,81)(H,64,83)(H,65,84)(H,66,82)(H,78,79)(H4,57,58,60)/t31-,32-,33+,34+,38+,39+,40+,41+/m1/s1. The Bertz CT molecular complexity index is 2550. The van der Waals surface area contributed by atoms with Crippen molar-refractivity contribution < 1.29 is 91.9 Å². The largest absolute Gasteiger partial charge is 0.481 e. The monoisotopic (exact) mass is 1220 g/mol. The summed E-state index contributed by atoms with van der Waals surface area (Å²) in [5.41, 5.74) is 22.4. The second kappa shape index (κ2) is 39.4. The molecule has 17 N–H and O–H groups in total. The molecule has 0 fully saturated rings. The molecule has 2 rings (SSSR count). The summed E-state index contributed by atoms with van der Waals surface area (Å²) in [6.45, 7) is 1.00. The Labute approximate surface area is 495 Å². The fourth-order valence-electron chi connectivity index (χ4n) is 8.83. The highest BCUT2D eigenvalue weighted by Crippen LogP contribution is 2.20. The van der Waals surface area contributed by atoms with E-state index in [2.05, 4.69) is 41.5 Å². The number of nitrogens with zero attached hydrogens (tertiary/aromatic N) is 3. The Morgan fingerprint density at radius 3 is 1.81 bits per heavy atom. The number of H-pyrrole nitrogens is 1. The maximum Gasteiger partial charge on any atom is 0.304 e. The van der Waals surface area contributed by atoms with Crippen molar-refractivity contribution in [1.29, 1.82) is 0 Å². The van der Waals surface area contributed by atoms with E-state index < -0.39 is 189 Å². The Morgan fingerprint density at radius 2 is 1.24 bits per heavy atom. The Hall–Kier alpha value is -8.20. The van der Waals surface area contributed by atoms with Crippen molar-refractivity contribution in [2.75, 3.05) is 66.3 Å². The molecule has 1 aromatic rings. The molecule has 1 aromatic heterocycles. The molecular weight excluding hydrogens is 1130 g/mol. The smallest absolute Gasteiger partial charge is 0.304 e. The molecule has 0 aromatic carbocycles. The number of unbranched alkanes of at least 4 members (excludes halogenated alkanes) is 1. The number of amides is 8. The van der Waals surface area contributed by atoms with Crippen LogP contribution in [0, 0.1) is 29.6 Å². The van der Waals surface area contributed by atoms with Crippen LogP contribution in [0.15, 0.2) is 29.7 Å². The number of carboxylic acids is 1. The summed E-state index contributed by atoms with van der Waals surface area (Å²) >= 11 is 0. The van der Waals surface area contributed by atoms with Crippen LogP contribution in [0.1, 0.15) is 96.6 Å². The molecule has 0 saturated heterocycles. The van der Waals surface area contributed by atoms with Crippen molar-refractivity contribution in [2.45, 2.75) is 121 Å². The number of hydrogen-bond acceptors (Lipinski definition) is 21. The van der Waals surface area contributed by atoms with Crippen molar-refractivity contribution in [3.8, 4) is 0 Å². The van der Waals surface area contributed by atoms with Crippen molar-refractivity contribution in [3.05, 3.63) is 30.4 Å². The number of ether oxygens (including phenoxy) is 2. The highest BCUT2D eigenvalue weighted by atomic mass is 16.5. The van der Waals surface area contributed by atoms with Crippen molar-refractivity contribution >= 4 is 88.1 Å². The Morgan fingerprint density at radius 1 is 0.663 bits per heavy atom. The molecule has 0 aliphatic carbocycles. The minimum absolute atomic E-state index is 0.0375. The number of aromatic amines is 1. The van der Waals surface area contributed by atoms with E-state index in [-0.39, 0.29) is 62.9 Å². The molecule has 8 atom stereocenters. The number of imidazole rings is 1. The van der Waals surface area contributed by atoms with Gasteiger partial charge >= 0.3 is 5.97 Å². The third kappa shape index (κ3) is 27.7. The van der Waals surface area contributed by atoms with Gasteiger partial charge in [-0.1, -0.05) is 13.8 Å². The van der Waals surface area contributed by atoms with Crippen LogP contribution in [0.2, 0.25) is 0 Å². The summed E-state index contributed by atoms with van der Waals surface area (Å²) in [6, 6.07) is -6.31. The molecule has 1 aliphatic heterocycles. The van der Waals surface area contributed by atoms with Crippen LogP contribution in [-0.4, -0.2) is 209 Å². The van der Waals surface area contributed by atoms with E-state index in [4.69, 9.17) is 32.4 Å². The Kier molecular flexibility index (Phi) is 33.9. The molecule has 0 bridgehead atoms. The zero-order valence-electron chi connectivity index (χ0n) is 48.6. The first-order valence-electron chi connectivity index (χ1n) is 27.9. The number of hydrogen-bond donors (Lipinski definition) is 13. The number of aliphatic hydroxyl groups excluding tert-OH is 2. The molecule has 32 nitrogen and oxygen atoms in total. The number of methoxy groups -OCH3 is 1. The number of rotatable bonds is 47. The zero-order valence-corrected chi connectivity index (χ0v) is 48.6. The second-order valence-corrected chi connectivity index (χ2v) is 20.9. The van der Waals surface area contributed by atoms with Gasteiger partial charge in [0.15, 0.2) is 34.9 Å². The number of imide groups is 1. The summed E-state index contributed by atoms with van der Waals surface area (Å²) < 4.78 is 10.3. The lowest BCUT2D eigenvalue weighted by Crippen LogP contribution is -2.56. The van der Waals surface area contributed by atoms with Gasteiger partial charge in [0.2, 0.25) is 35.4 Å². The molecular formula is C54H83N13O19. The van der Waals surface area contributed by atoms with Crippen LogP contribution in [0.5, 0.6) is 0 Å². The van der Waals surface area contributed by atoms with Crippen molar-refractivity contribution in [2.24, 2.45) is 57.5 Å². The number of aromatic nitrogens is 2. The number of carboxylic acid groups (broad SMARTS) is 1. The third-order valence-electron chi connectivity index (χ3n) is 13.4. The lowest BCUT2D eigenvalue weighted by atomic mass is 9.90. The fourth-order valence-corrected chi connectivity index (χ4v) is 8.83. The summed E-state index contributed by atoms with van der Waals surface area (Å²) in [5.74, 6) is -19.3. The minimum Gasteiger partial charge on any atom is -0.481 e. The van der Waals surface area contributed by atoms with E-state index in [1.807, 2.05) is 0 Å². The molecule has 0 saturated carbocycles. The first kappa shape index (κ1) is 73.9. The number of aliphatic carboxylic acids is 1. The summed E-state index contributed by atoms with van der Waals surface area (Å²) in [5, 5.41) is 42.1. The van der Waals surface area contributed by atoms with Gasteiger partial charge in [0.25, 0.3) is 11.8 Å². The predicted molar refractivity (Wildman–Crippen MR) is 302 cm³/mol. The summed E-state index contributed by atoms with van der Waals surface area (Å²) in [4.78, 5) is 195. The SMILES string of the molecule is COCCOCCCCC(=O)CNC(=O)[C@@H](CC(=O)[C@H](CC(N)=O)NC(=O)[C@H](CC(=O)O)CC(=O)[C@H](CO)NC(=O)[C@H](CCCN=C(N)N)CC(=O)CNC(=O)[C@H](CO)CC(=O)[C@H](CC(C)C)NC(=O)[C@H](CN)N1C(=O)C=CC1=O)Cc1cnc[nH]1. The lowest BCUT2D eigenvalue weighted by Gasteiger charge is -2.27. The third-order valence-corrected chi connectivity index (χ3v) is 13.4. The van der Waals surface area contributed by atoms with Crippen LogP contribution >= 0.6 is 0 Å². The van der Waals surface area contributed by atoms with Crippen molar-refractivity contribution in [3.63, 3.8) is 0 Å². The average molecular weight is 1220 g/mol. The molecule has 0 spiro atoms. The van der Waals surface area contributed by atoms with Crippen LogP contribution in [-0.2, 0) is 83.0 Å². The van der Waals surface area contributed by atoms with Gasteiger partial charge in [-0.25, -0.2) is 4.98 Å². The number of aliphatic imine (C=N–C) groups is 1. The molecule has 86 heavy (non-hydrogen) atoms. The first-order valence-corrected chi connectivity index (χ1v) is 27.9. The van der Waals surface area contributed by atoms with Gasteiger partial charge in [-0.2, -0.15) is 0 Å². The van der Waals surface area contributed by atoms with Crippen molar-refractivity contribution in [1.82, 2.24) is 41.5 Å². The van der Waals surface area contributed by atoms with Crippen LogP contribution in [0.3, 0.4) is 0 Å². The van der Waals surface area contributed by atoms with Gasteiger partial charge in [-0.3, -0.25) is 77.0 Å². The van der Waals surface area contributed by atoms with E-state index in [9.17, 15) is 82.4 Å². The quantitative estimate of drug-likeness (QED) is 0.0126. The van der Waals surface area contributed by atoms with E-state index in [0.29, 0.717) is 43.3 Å². The molecule has 478 valence electrons. The van der Waals surface area contributed by atoms with Gasteiger partial charge in [-0.05, 0) is 38.0 Å². The Balaban J connectivity index is 2.21. The van der Waals surface area contributed by atoms with Crippen LogP contribution in [0.4, 0.5) is 0 Å². The lowest BCUT2D eigenvalue weighted by molar-refractivity contribution is -0.145. The zero-order chi connectivity index (χ0) is 64.5.